The van der Waals surface area contributed by atoms with Crippen LogP contribution in [0.2, 0.25) is 0 Å². The summed E-state index contributed by atoms with van der Waals surface area (Å²) in [6, 6.07) is 9.50. The number of nitrogens with one attached hydrogen (secondary N) is 2. The summed E-state index contributed by atoms with van der Waals surface area (Å²) in [5, 5.41) is 10.2. The van der Waals surface area contributed by atoms with Crippen LogP contribution in [0.3, 0.4) is 0 Å². The second-order valence-electron chi connectivity index (χ2n) is 4.53. The lowest BCUT2D eigenvalue weighted by Crippen LogP contribution is -2.27. The Labute approximate surface area is 119 Å². The molecule has 0 aliphatic carbocycles. The van der Waals surface area contributed by atoms with Crippen LogP contribution in [-0.2, 0) is 13.5 Å². The third-order valence-corrected chi connectivity index (χ3v) is 3.13. The van der Waals surface area contributed by atoms with E-state index in [-0.39, 0.29) is 5.91 Å². The molecular weight excluding hydrogens is 252 g/mol. The van der Waals surface area contributed by atoms with Crippen molar-refractivity contribution >= 4 is 11.6 Å². The highest BCUT2D eigenvalue weighted by Crippen LogP contribution is 2.14. The second-order valence-corrected chi connectivity index (χ2v) is 4.53. The van der Waals surface area contributed by atoms with Gasteiger partial charge in [0.25, 0.3) is 5.91 Å². The molecule has 0 spiro atoms. The number of para-hydroxylation sites is 1. The zero-order valence-electron chi connectivity index (χ0n) is 11.9. The first kappa shape index (κ1) is 14.1. The van der Waals surface area contributed by atoms with E-state index in [1.165, 1.54) is 0 Å². The van der Waals surface area contributed by atoms with E-state index in [1.54, 1.807) is 6.20 Å². The standard InChI is InChI=1S/C15H20N4O/c1-3-16-14-7-5-4-6-13(14)15(20)17-10-8-12-9-11-18-19(12)2/h4-7,9,11,16H,3,8,10H2,1-2H3,(H,17,20). The number of rotatable bonds is 6. The molecule has 2 aromatic rings. The van der Waals surface area contributed by atoms with Crippen LogP contribution in [0, 0.1) is 0 Å². The minimum absolute atomic E-state index is 0.0521. The van der Waals surface area contributed by atoms with Crippen molar-refractivity contribution in [3.8, 4) is 0 Å². The number of benzene rings is 1. The Bertz CT molecular complexity index is 577. The molecule has 5 nitrogen and oxygen atoms in total. The summed E-state index contributed by atoms with van der Waals surface area (Å²) in [6.07, 6.45) is 2.53. The van der Waals surface area contributed by atoms with Gasteiger partial charge in [-0.15, -0.1) is 0 Å². The maximum absolute atomic E-state index is 12.2. The lowest BCUT2D eigenvalue weighted by molar-refractivity contribution is 0.0954. The molecule has 5 heteroatoms. The molecule has 0 radical (unpaired) electrons. The normalized spacial score (nSPS) is 10.3. The van der Waals surface area contributed by atoms with Crippen molar-refractivity contribution in [1.29, 1.82) is 0 Å². The van der Waals surface area contributed by atoms with E-state index in [0.717, 1.165) is 24.3 Å². The quantitative estimate of drug-likeness (QED) is 0.843. The number of carbonyl (C=O) groups excluding carboxylic acids is 1. The summed E-state index contributed by atoms with van der Waals surface area (Å²) in [7, 11) is 1.90. The van der Waals surface area contributed by atoms with Crippen molar-refractivity contribution in [3.63, 3.8) is 0 Å². The third kappa shape index (κ3) is 3.38. The number of hydrogen-bond acceptors (Lipinski definition) is 3. The summed E-state index contributed by atoms with van der Waals surface area (Å²) in [5.74, 6) is -0.0521. The monoisotopic (exact) mass is 272 g/mol. The molecule has 0 aliphatic heterocycles. The molecule has 106 valence electrons. The highest BCUT2D eigenvalue weighted by molar-refractivity contribution is 5.99. The van der Waals surface area contributed by atoms with E-state index >= 15 is 0 Å². The predicted molar refractivity (Wildman–Crippen MR) is 79.9 cm³/mol. The van der Waals surface area contributed by atoms with Gasteiger partial charge in [0.05, 0.1) is 5.56 Å². The largest absolute Gasteiger partial charge is 0.385 e. The van der Waals surface area contributed by atoms with Crippen LogP contribution in [0.25, 0.3) is 0 Å². The number of amides is 1. The predicted octanol–water partition coefficient (Wildman–Crippen LogP) is 1.82. The van der Waals surface area contributed by atoms with E-state index < -0.39 is 0 Å². The van der Waals surface area contributed by atoms with Crippen LogP contribution in [0.5, 0.6) is 0 Å². The fourth-order valence-corrected chi connectivity index (χ4v) is 2.07. The zero-order chi connectivity index (χ0) is 14.4. The van der Waals surface area contributed by atoms with Crippen molar-refractivity contribution in [2.45, 2.75) is 13.3 Å². The fourth-order valence-electron chi connectivity index (χ4n) is 2.07. The van der Waals surface area contributed by atoms with Crippen molar-refractivity contribution in [2.24, 2.45) is 7.05 Å². The number of aryl methyl sites for hydroxylation is 1. The molecule has 1 amide bonds. The van der Waals surface area contributed by atoms with Gasteiger partial charge < -0.3 is 10.6 Å². The minimum atomic E-state index is -0.0521. The average molecular weight is 272 g/mol. The Balaban J connectivity index is 1.93. The highest BCUT2D eigenvalue weighted by Gasteiger charge is 2.09. The number of anilines is 1. The van der Waals surface area contributed by atoms with Crippen molar-refractivity contribution < 1.29 is 4.79 Å². The van der Waals surface area contributed by atoms with E-state index in [1.807, 2.05) is 49.0 Å². The van der Waals surface area contributed by atoms with Crippen LogP contribution in [0.15, 0.2) is 36.5 Å². The van der Waals surface area contributed by atoms with Gasteiger partial charge in [-0.2, -0.15) is 5.10 Å². The molecule has 0 aliphatic rings. The molecule has 0 unspecified atom stereocenters. The summed E-state index contributed by atoms with van der Waals surface area (Å²) in [5.41, 5.74) is 2.65. The van der Waals surface area contributed by atoms with Crippen LogP contribution in [-0.4, -0.2) is 28.8 Å². The van der Waals surface area contributed by atoms with Crippen molar-refractivity contribution in [1.82, 2.24) is 15.1 Å². The number of nitrogens with zero attached hydrogens (tertiary/aromatic N) is 2. The van der Waals surface area contributed by atoms with Crippen molar-refractivity contribution in [3.05, 3.63) is 47.8 Å². The van der Waals surface area contributed by atoms with Gasteiger partial charge in [0, 0.05) is 44.1 Å². The Hall–Kier alpha value is -2.30. The Morgan fingerprint density at radius 3 is 2.80 bits per heavy atom. The molecule has 1 aromatic carbocycles. The number of aromatic nitrogens is 2. The van der Waals surface area contributed by atoms with Crippen LogP contribution >= 0.6 is 0 Å². The molecule has 1 heterocycles. The average Bonchev–Trinajstić information content (AvgIpc) is 2.85. The molecule has 0 fully saturated rings. The van der Waals surface area contributed by atoms with Gasteiger partial charge in [0.2, 0.25) is 0 Å². The zero-order valence-corrected chi connectivity index (χ0v) is 11.9. The molecule has 20 heavy (non-hydrogen) atoms. The topological polar surface area (TPSA) is 59.0 Å². The van der Waals surface area contributed by atoms with Crippen molar-refractivity contribution in [2.75, 3.05) is 18.4 Å². The van der Waals surface area contributed by atoms with Gasteiger partial charge in [0.15, 0.2) is 0 Å². The third-order valence-electron chi connectivity index (χ3n) is 3.13. The van der Waals surface area contributed by atoms with Crippen LogP contribution in [0.4, 0.5) is 5.69 Å². The first-order valence-corrected chi connectivity index (χ1v) is 6.80. The molecule has 0 saturated carbocycles. The van der Waals surface area contributed by atoms with Gasteiger partial charge in [-0.05, 0) is 25.1 Å². The lowest BCUT2D eigenvalue weighted by Gasteiger charge is -2.11. The van der Waals surface area contributed by atoms with Gasteiger partial charge in [-0.25, -0.2) is 0 Å². The van der Waals surface area contributed by atoms with E-state index in [2.05, 4.69) is 15.7 Å². The van der Waals surface area contributed by atoms with E-state index in [9.17, 15) is 4.79 Å². The Morgan fingerprint density at radius 1 is 1.30 bits per heavy atom. The molecule has 2 N–H and O–H groups in total. The van der Waals surface area contributed by atoms with Crippen LogP contribution in [0.1, 0.15) is 23.0 Å². The van der Waals surface area contributed by atoms with E-state index in [4.69, 9.17) is 0 Å². The Kier molecular flexibility index (Phi) is 4.76. The van der Waals surface area contributed by atoms with Gasteiger partial charge in [0.1, 0.15) is 0 Å². The lowest BCUT2D eigenvalue weighted by atomic mass is 10.1. The van der Waals surface area contributed by atoms with Gasteiger partial charge >= 0.3 is 0 Å². The molecule has 0 saturated heterocycles. The fraction of sp³-hybridized carbons (Fsp3) is 0.333. The number of carbonyl (C=O) groups is 1. The maximum atomic E-state index is 12.2. The second kappa shape index (κ2) is 6.75. The molecule has 0 atom stereocenters. The van der Waals surface area contributed by atoms with Gasteiger partial charge in [-0.1, -0.05) is 12.1 Å². The van der Waals surface area contributed by atoms with Gasteiger partial charge in [-0.3, -0.25) is 9.48 Å². The Morgan fingerprint density at radius 2 is 2.10 bits per heavy atom. The summed E-state index contributed by atoms with van der Waals surface area (Å²) in [4.78, 5) is 12.2. The summed E-state index contributed by atoms with van der Waals surface area (Å²) >= 11 is 0. The van der Waals surface area contributed by atoms with Crippen LogP contribution < -0.4 is 10.6 Å². The first-order chi connectivity index (χ1) is 9.72. The molecule has 2 rings (SSSR count). The summed E-state index contributed by atoms with van der Waals surface area (Å²) < 4.78 is 1.82. The molecule has 1 aromatic heterocycles. The smallest absolute Gasteiger partial charge is 0.253 e. The molecular formula is C15H20N4O. The first-order valence-electron chi connectivity index (χ1n) is 6.80. The highest BCUT2D eigenvalue weighted by atomic mass is 16.1. The SMILES string of the molecule is CCNc1ccccc1C(=O)NCCc1ccnn1C. The van der Waals surface area contributed by atoms with E-state index in [0.29, 0.717) is 12.1 Å². The summed E-state index contributed by atoms with van der Waals surface area (Å²) in [6.45, 7) is 3.40. The number of hydrogen-bond donors (Lipinski definition) is 2. The minimum Gasteiger partial charge on any atom is -0.385 e. The molecule has 0 bridgehead atoms. The maximum Gasteiger partial charge on any atom is 0.253 e.